The lowest BCUT2D eigenvalue weighted by atomic mass is 10.0. The molecule has 5 nitrogen and oxygen atoms in total. The van der Waals surface area contributed by atoms with E-state index in [1.807, 2.05) is 0 Å². The van der Waals surface area contributed by atoms with Gasteiger partial charge in [0.15, 0.2) is 0 Å². The molecule has 0 aliphatic heterocycles. The van der Waals surface area contributed by atoms with E-state index in [-0.39, 0.29) is 10.5 Å². The van der Waals surface area contributed by atoms with Gasteiger partial charge in [0.1, 0.15) is 0 Å². The van der Waals surface area contributed by atoms with E-state index in [1.165, 1.54) is 31.2 Å². The fourth-order valence-electron chi connectivity index (χ4n) is 1.88. The van der Waals surface area contributed by atoms with Crippen LogP contribution in [0.3, 0.4) is 0 Å². The lowest BCUT2D eigenvalue weighted by Crippen LogP contribution is -2.25. The van der Waals surface area contributed by atoms with Crippen LogP contribution in [-0.2, 0) is 10.0 Å². The van der Waals surface area contributed by atoms with Crippen molar-refractivity contribution in [3.05, 3.63) is 28.7 Å². The number of nitrogens with one attached hydrogen (secondary N) is 2. The van der Waals surface area contributed by atoms with E-state index in [0.717, 1.165) is 25.2 Å². The van der Waals surface area contributed by atoms with E-state index in [0.29, 0.717) is 6.54 Å². The van der Waals surface area contributed by atoms with Gasteiger partial charge < -0.3 is 4.98 Å². The topological polar surface area (TPSA) is 79.0 Å². The fourth-order valence-corrected chi connectivity index (χ4v) is 2.93. The maximum atomic E-state index is 11.9. The van der Waals surface area contributed by atoms with Gasteiger partial charge in [0.2, 0.25) is 15.6 Å². The standard InChI is InChI=1S/C14H24N2O3S/c1-12(2)7-5-3-4-6-10-16-20(18,19)13-8-9-14(17)15-11-13/h8-9,11-12,16H,3-7,10H2,1-2H3,(H,15,17). The Hall–Kier alpha value is -1.14. The predicted octanol–water partition coefficient (Wildman–Crippen LogP) is 2.26. The summed E-state index contributed by atoms with van der Waals surface area (Å²) in [7, 11) is -3.50. The highest BCUT2D eigenvalue weighted by Crippen LogP contribution is 2.09. The number of aromatic amines is 1. The Kier molecular flexibility index (Phi) is 6.95. The Balaban J connectivity index is 2.27. The minimum absolute atomic E-state index is 0.0944. The monoisotopic (exact) mass is 300 g/mol. The molecule has 0 aliphatic rings. The quantitative estimate of drug-likeness (QED) is 0.687. The van der Waals surface area contributed by atoms with E-state index in [9.17, 15) is 13.2 Å². The van der Waals surface area contributed by atoms with Gasteiger partial charge in [-0.15, -0.1) is 0 Å². The van der Waals surface area contributed by atoms with Crippen molar-refractivity contribution in [1.82, 2.24) is 9.71 Å². The smallest absolute Gasteiger partial charge is 0.247 e. The molecule has 114 valence electrons. The average molecular weight is 300 g/mol. The summed E-state index contributed by atoms with van der Waals surface area (Å²) in [4.78, 5) is 13.3. The number of hydrogen-bond acceptors (Lipinski definition) is 3. The second-order valence-corrected chi connectivity index (χ2v) is 7.15. The van der Waals surface area contributed by atoms with Gasteiger partial charge in [-0.3, -0.25) is 4.79 Å². The first kappa shape index (κ1) is 16.9. The molecule has 20 heavy (non-hydrogen) atoms. The van der Waals surface area contributed by atoms with Crippen LogP contribution in [0.5, 0.6) is 0 Å². The highest BCUT2D eigenvalue weighted by molar-refractivity contribution is 7.89. The summed E-state index contributed by atoms with van der Waals surface area (Å²) < 4.78 is 26.3. The van der Waals surface area contributed by atoms with Crippen LogP contribution in [0, 0.1) is 5.92 Å². The molecule has 0 atom stereocenters. The van der Waals surface area contributed by atoms with Crippen LogP contribution in [0.2, 0.25) is 0 Å². The van der Waals surface area contributed by atoms with E-state index in [1.54, 1.807) is 0 Å². The van der Waals surface area contributed by atoms with Crippen LogP contribution < -0.4 is 10.3 Å². The second-order valence-electron chi connectivity index (χ2n) is 5.38. The highest BCUT2D eigenvalue weighted by atomic mass is 32.2. The molecule has 2 N–H and O–H groups in total. The van der Waals surface area contributed by atoms with Crippen LogP contribution in [0.15, 0.2) is 28.0 Å². The molecule has 0 fully saturated rings. The molecule has 0 aliphatic carbocycles. The Bertz CT molecular complexity index is 529. The van der Waals surface area contributed by atoms with Crippen molar-refractivity contribution in [1.29, 1.82) is 0 Å². The molecule has 0 amide bonds. The number of sulfonamides is 1. The van der Waals surface area contributed by atoms with E-state index in [2.05, 4.69) is 23.6 Å². The molecule has 1 heterocycles. The van der Waals surface area contributed by atoms with Crippen LogP contribution in [0.1, 0.15) is 46.0 Å². The van der Waals surface area contributed by atoms with Crippen LogP contribution >= 0.6 is 0 Å². The third kappa shape index (κ3) is 6.34. The molecule has 0 spiro atoms. The maximum absolute atomic E-state index is 11.9. The summed E-state index contributed by atoms with van der Waals surface area (Å²) in [5, 5.41) is 0. The summed E-state index contributed by atoms with van der Waals surface area (Å²) in [6.45, 7) is 4.85. The van der Waals surface area contributed by atoms with Crippen LogP contribution in [0.4, 0.5) is 0 Å². The normalized spacial score (nSPS) is 11.9. The average Bonchev–Trinajstić information content (AvgIpc) is 2.37. The van der Waals surface area contributed by atoms with Crippen molar-refractivity contribution in [3.63, 3.8) is 0 Å². The van der Waals surface area contributed by atoms with Gasteiger partial charge in [0.05, 0.1) is 4.90 Å². The molecular formula is C14H24N2O3S. The van der Waals surface area contributed by atoms with Crippen molar-refractivity contribution >= 4 is 10.0 Å². The van der Waals surface area contributed by atoms with Crippen molar-refractivity contribution in [2.75, 3.05) is 6.54 Å². The van der Waals surface area contributed by atoms with E-state index in [4.69, 9.17) is 0 Å². The molecule has 6 heteroatoms. The molecule has 1 aromatic rings. The van der Waals surface area contributed by atoms with Crippen LogP contribution in [-0.4, -0.2) is 19.9 Å². The lowest BCUT2D eigenvalue weighted by molar-refractivity contribution is 0.517. The highest BCUT2D eigenvalue weighted by Gasteiger charge is 2.12. The van der Waals surface area contributed by atoms with Gasteiger partial charge in [-0.05, 0) is 18.4 Å². The zero-order valence-electron chi connectivity index (χ0n) is 12.2. The third-order valence-electron chi connectivity index (χ3n) is 3.07. The number of unbranched alkanes of at least 4 members (excludes halogenated alkanes) is 3. The van der Waals surface area contributed by atoms with E-state index >= 15 is 0 Å². The Morgan fingerprint density at radius 3 is 2.45 bits per heavy atom. The summed E-state index contributed by atoms with van der Waals surface area (Å²) in [5.74, 6) is 0.730. The largest absolute Gasteiger partial charge is 0.328 e. The first-order valence-corrected chi connectivity index (χ1v) is 8.58. The molecule has 1 aromatic heterocycles. The molecule has 0 saturated carbocycles. The number of pyridine rings is 1. The molecule has 0 saturated heterocycles. The molecule has 0 unspecified atom stereocenters. The van der Waals surface area contributed by atoms with Crippen molar-refractivity contribution in [3.8, 4) is 0 Å². The maximum Gasteiger partial charge on any atom is 0.247 e. The Labute approximate surface area is 120 Å². The minimum Gasteiger partial charge on any atom is -0.328 e. The number of hydrogen-bond donors (Lipinski definition) is 2. The van der Waals surface area contributed by atoms with Gasteiger partial charge >= 0.3 is 0 Å². The Morgan fingerprint density at radius 2 is 1.85 bits per heavy atom. The fraction of sp³-hybridized carbons (Fsp3) is 0.643. The van der Waals surface area contributed by atoms with Gasteiger partial charge in [0, 0.05) is 18.8 Å². The predicted molar refractivity (Wildman–Crippen MR) is 80.2 cm³/mol. The van der Waals surface area contributed by atoms with Gasteiger partial charge in [-0.2, -0.15) is 0 Å². The van der Waals surface area contributed by atoms with Crippen molar-refractivity contribution in [2.45, 2.75) is 50.8 Å². The Morgan fingerprint density at radius 1 is 1.15 bits per heavy atom. The molecule has 0 bridgehead atoms. The second kappa shape index (κ2) is 8.21. The summed E-state index contributed by atoms with van der Waals surface area (Å²) >= 11 is 0. The zero-order valence-corrected chi connectivity index (χ0v) is 13.0. The van der Waals surface area contributed by atoms with Crippen LogP contribution in [0.25, 0.3) is 0 Å². The van der Waals surface area contributed by atoms with Gasteiger partial charge in [0.25, 0.3) is 0 Å². The molecular weight excluding hydrogens is 276 g/mol. The number of H-pyrrole nitrogens is 1. The summed E-state index contributed by atoms with van der Waals surface area (Å²) in [6, 6.07) is 2.52. The number of rotatable bonds is 9. The van der Waals surface area contributed by atoms with Crippen molar-refractivity contribution < 1.29 is 8.42 Å². The zero-order chi connectivity index (χ0) is 15.0. The molecule has 1 rings (SSSR count). The number of aromatic nitrogens is 1. The molecule has 0 aromatic carbocycles. The SMILES string of the molecule is CC(C)CCCCCCNS(=O)(=O)c1ccc(=O)[nH]c1. The third-order valence-corrected chi connectivity index (χ3v) is 4.52. The first-order valence-electron chi connectivity index (χ1n) is 7.10. The first-order chi connectivity index (χ1) is 9.42. The molecule has 0 radical (unpaired) electrons. The summed E-state index contributed by atoms with van der Waals surface area (Å²) in [5.41, 5.74) is -0.311. The summed E-state index contributed by atoms with van der Waals surface area (Å²) in [6.07, 6.45) is 6.64. The lowest BCUT2D eigenvalue weighted by Gasteiger charge is -2.07. The van der Waals surface area contributed by atoms with Gasteiger partial charge in [-0.25, -0.2) is 13.1 Å². The van der Waals surface area contributed by atoms with Crippen molar-refractivity contribution in [2.24, 2.45) is 5.92 Å². The van der Waals surface area contributed by atoms with Gasteiger partial charge in [-0.1, -0.05) is 39.5 Å². The van der Waals surface area contributed by atoms with E-state index < -0.39 is 10.0 Å². The minimum atomic E-state index is -3.50.